The van der Waals surface area contributed by atoms with E-state index in [1.807, 2.05) is 38.9 Å². The summed E-state index contributed by atoms with van der Waals surface area (Å²) in [5, 5.41) is 2.88. The molecule has 0 spiro atoms. The van der Waals surface area contributed by atoms with E-state index in [1.54, 1.807) is 6.20 Å². The number of aromatic nitrogens is 1. The van der Waals surface area contributed by atoms with E-state index in [9.17, 15) is 4.79 Å². The van der Waals surface area contributed by atoms with Crippen LogP contribution in [0.3, 0.4) is 0 Å². The molecule has 0 aliphatic rings. The maximum absolute atomic E-state index is 12.1. The van der Waals surface area contributed by atoms with Gasteiger partial charge in [-0.15, -0.1) is 0 Å². The van der Waals surface area contributed by atoms with E-state index in [4.69, 9.17) is 4.74 Å². The lowest BCUT2D eigenvalue weighted by molar-refractivity contribution is -0.116. The van der Waals surface area contributed by atoms with Crippen molar-refractivity contribution in [1.82, 2.24) is 4.98 Å². The summed E-state index contributed by atoms with van der Waals surface area (Å²) in [7, 11) is 5.34. The number of hydrogen-bond acceptors (Lipinski definition) is 4. The molecule has 0 radical (unpaired) electrons. The van der Waals surface area contributed by atoms with E-state index in [1.165, 1.54) is 7.11 Å². The number of amides is 1. The van der Waals surface area contributed by atoms with Gasteiger partial charge in [0.15, 0.2) is 0 Å². The van der Waals surface area contributed by atoms with E-state index in [0.29, 0.717) is 11.6 Å². The first-order chi connectivity index (χ1) is 8.88. The van der Waals surface area contributed by atoms with Crippen LogP contribution in [0.4, 0.5) is 11.4 Å². The number of halogens is 1. The lowest BCUT2D eigenvalue weighted by Crippen LogP contribution is -2.28. The molecule has 0 aliphatic heterocycles. The molecule has 19 heavy (non-hydrogen) atoms. The third-order valence-electron chi connectivity index (χ3n) is 2.65. The average Bonchev–Trinajstić information content (AvgIpc) is 2.37. The van der Waals surface area contributed by atoms with E-state index in [2.05, 4.69) is 26.2 Å². The number of ether oxygens (including phenoxy) is 1. The number of carbonyl (C=O) groups excluding carboxylic acids is 1. The molecule has 1 rings (SSSR count). The number of nitrogens with one attached hydrogen (secondary N) is 1. The van der Waals surface area contributed by atoms with E-state index in [0.717, 1.165) is 5.69 Å². The highest BCUT2D eigenvalue weighted by molar-refractivity contribution is 9.10. The smallest absolute Gasteiger partial charge is 0.239 e. The topological polar surface area (TPSA) is 54.5 Å². The normalized spacial score (nSPS) is 12.2. The summed E-state index contributed by atoms with van der Waals surface area (Å²) >= 11 is 3.39. The number of pyridine rings is 1. The summed E-state index contributed by atoms with van der Waals surface area (Å²) < 4.78 is 5.21. The molecule has 106 valence electrons. The zero-order valence-corrected chi connectivity index (χ0v) is 13.5. The Labute approximate surface area is 122 Å². The van der Waals surface area contributed by atoms with Crippen LogP contribution >= 0.6 is 15.9 Å². The highest BCUT2D eigenvalue weighted by Gasteiger charge is 2.22. The Balaban J connectivity index is 3.08. The second kappa shape index (κ2) is 6.75. The standard InChI is InChI=1S/C13H20BrN3O2/c1-8(2)10(14)12(18)16-11-9(17(3)4)6-7-15-13(11)19-5/h6-8,10H,1-5H3,(H,16,18). The quantitative estimate of drug-likeness (QED) is 0.843. The number of nitrogens with zero attached hydrogens (tertiary/aromatic N) is 2. The van der Waals surface area contributed by atoms with Crippen LogP contribution in [0.25, 0.3) is 0 Å². The number of anilines is 2. The minimum Gasteiger partial charge on any atom is -0.479 e. The molecular weight excluding hydrogens is 310 g/mol. The van der Waals surface area contributed by atoms with Gasteiger partial charge in [-0.3, -0.25) is 4.79 Å². The Morgan fingerprint density at radius 2 is 2.11 bits per heavy atom. The first-order valence-corrected chi connectivity index (χ1v) is 6.95. The van der Waals surface area contributed by atoms with Crippen molar-refractivity contribution in [2.24, 2.45) is 5.92 Å². The van der Waals surface area contributed by atoms with Crippen molar-refractivity contribution in [3.8, 4) is 5.88 Å². The molecule has 0 aliphatic carbocycles. The minimum absolute atomic E-state index is 0.107. The monoisotopic (exact) mass is 329 g/mol. The Morgan fingerprint density at radius 3 is 2.58 bits per heavy atom. The summed E-state index contributed by atoms with van der Waals surface area (Å²) in [6, 6.07) is 1.83. The third-order valence-corrected chi connectivity index (χ3v) is 4.13. The van der Waals surface area contributed by atoms with Gasteiger partial charge in [0.05, 0.1) is 17.6 Å². The predicted octanol–water partition coefficient (Wildman–Crippen LogP) is 2.51. The molecule has 1 N–H and O–H groups in total. The van der Waals surface area contributed by atoms with E-state index < -0.39 is 0 Å². The molecule has 1 aromatic heterocycles. The van der Waals surface area contributed by atoms with Gasteiger partial charge < -0.3 is 15.0 Å². The molecule has 1 unspecified atom stereocenters. The van der Waals surface area contributed by atoms with Gasteiger partial charge in [0.25, 0.3) is 0 Å². The van der Waals surface area contributed by atoms with Gasteiger partial charge in [-0.2, -0.15) is 0 Å². The van der Waals surface area contributed by atoms with Crippen molar-refractivity contribution in [3.05, 3.63) is 12.3 Å². The number of methoxy groups -OCH3 is 1. The van der Waals surface area contributed by atoms with Gasteiger partial charge in [-0.25, -0.2) is 4.98 Å². The summed E-state index contributed by atoms with van der Waals surface area (Å²) in [5.41, 5.74) is 1.44. The van der Waals surface area contributed by atoms with Crippen molar-refractivity contribution in [3.63, 3.8) is 0 Å². The lowest BCUT2D eigenvalue weighted by atomic mass is 10.1. The second-order valence-electron chi connectivity index (χ2n) is 4.74. The van der Waals surface area contributed by atoms with Gasteiger partial charge in [0.1, 0.15) is 5.69 Å². The van der Waals surface area contributed by atoms with E-state index >= 15 is 0 Å². The highest BCUT2D eigenvalue weighted by atomic mass is 79.9. The molecule has 0 aromatic carbocycles. The molecule has 5 nitrogen and oxygen atoms in total. The predicted molar refractivity (Wildman–Crippen MR) is 81.3 cm³/mol. The van der Waals surface area contributed by atoms with Crippen LogP contribution in [0.15, 0.2) is 12.3 Å². The fourth-order valence-electron chi connectivity index (χ4n) is 1.57. The van der Waals surface area contributed by atoms with Crippen LogP contribution in [0.1, 0.15) is 13.8 Å². The number of carbonyl (C=O) groups is 1. The molecule has 1 atom stereocenters. The molecule has 0 bridgehead atoms. The fourth-order valence-corrected chi connectivity index (χ4v) is 1.69. The Morgan fingerprint density at radius 1 is 1.47 bits per heavy atom. The highest BCUT2D eigenvalue weighted by Crippen LogP contribution is 2.32. The second-order valence-corrected chi connectivity index (χ2v) is 5.73. The largest absolute Gasteiger partial charge is 0.479 e. The van der Waals surface area contributed by atoms with Crippen molar-refractivity contribution in [2.75, 3.05) is 31.4 Å². The summed E-state index contributed by atoms with van der Waals surface area (Å²) in [6.45, 7) is 3.96. The number of alkyl halides is 1. The molecule has 0 saturated heterocycles. The van der Waals surface area contributed by atoms with Crippen LogP contribution in [-0.4, -0.2) is 36.9 Å². The van der Waals surface area contributed by atoms with Gasteiger partial charge >= 0.3 is 0 Å². The van der Waals surface area contributed by atoms with Crippen molar-refractivity contribution in [1.29, 1.82) is 0 Å². The van der Waals surface area contributed by atoms with Crippen LogP contribution in [0.2, 0.25) is 0 Å². The summed E-state index contributed by atoms with van der Waals surface area (Å²) in [4.78, 5) is 17.9. The molecule has 1 heterocycles. The third kappa shape index (κ3) is 3.83. The van der Waals surface area contributed by atoms with Crippen LogP contribution < -0.4 is 15.0 Å². The van der Waals surface area contributed by atoms with E-state index in [-0.39, 0.29) is 16.7 Å². The lowest BCUT2D eigenvalue weighted by Gasteiger charge is -2.21. The minimum atomic E-state index is -0.257. The van der Waals surface area contributed by atoms with Crippen molar-refractivity contribution < 1.29 is 9.53 Å². The number of rotatable bonds is 5. The zero-order valence-electron chi connectivity index (χ0n) is 11.9. The fraction of sp³-hybridized carbons (Fsp3) is 0.538. The molecule has 1 aromatic rings. The van der Waals surface area contributed by atoms with Gasteiger partial charge in [-0.1, -0.05) is 29.8 Å². The zero-order chi connectivity index (χ0) is 14.6. The Kier molecular flexibility index (Phi) is 5.60. The SMILES string of the molecule is COc1nccc(N(C)C)c1NC(=O)C(Br)C(C)C. The Hall–Kier alpha value is -1.30. The number of hydrogen-bond donors (Lipinski definition) is 1. The van der Waals surface area contributed by atoms with Crippen LogP contribution in [-0.2, 0) is 4.79 Å². The molecule has 0 saturated carbocycles. The maximum Gasteiger partial charge on any atom is 0.239 e. The van der Waals surface area contributed by atoms with Gasteiger partial charge in [0, 0.05) is 20.3 Å². The molecular formula is C13H20BrN3O2. The first-order valence-electron chi connectivity index (χ1n) is 6.03. The molecule has 6 heteroatoms. The van der Waals surface area contributed by atoms with Crippen LogP contribution in [0.5, 0.6) is 5.88 Å². The van der Waals surface area contributed by atoms with Gasteiger partial charge in [0.2, 0.25) is 11.8 Å². The molecule has 0 fully saturated rings. The summed E-state index contributed by atoms with van der Waals surface area (Å²) in [6.07, 6.45) is 1.65. The van der Waals surface area contributed by atoms with Crippen molar-refractivity contribution >= 4 is 33.2 Å². The molecule has 1 amide bonds. The first kappa shape index (κ1) is 15.8. The average molecular weight is 330 g/mol. The Bertz CT molecular complexity index is 450. The maximum atomic E-state index is 12.1. The van der Waals surface area contributed by atoms with Gasteiger partial charge in [-0.05, 0) is 12.0 Å². The summed E-state index contributed by atoms with van der Waals surface area (Å²) in [5.74, 6) is 0.498. The van der Waals surface area contributed by atoms with Crippen LogP contribution in [0, 0.1) is 5.92 Å². The van der Waals surface area contributed by atoms with Crippen molar-refractivity contribution in [2.45, 2.75) is 18.7 Å².